The lowest BCUT2D eigenvalue weighted by molar-refractivity contribution is 0.669. The van der Waals surface area contributed by atoms with Gasteiger partial charge < -0.3 is 4.42 Å². The monoisotopic (exact) mass is 693 g/mol. The number of para-hydroxylation sites is 2. The molecule has 10 rings (SSSR count). The minimum atomic E-state index is 0.370. The average Bonchev–Trinajstić information content (AvgIpc) is 3.61. The molecular weight excluding hydrogens is 663 g/mol. The number of hydrogen-bond acceptors (Lipinski definition) is 6. The standard InChI is InChI=1S/C48H31N5O/c49-47-41(53-52-35-13-5-2-6-14-35)25-22-31-19-20-32-27-34(21-24-37(32)46(31)47)48-50-42(33-23-26-45-40(28-33)39-17-9-10-18-44(39)54-45)29-43(51-48)38-16-8-7-15-36(38)30-11-3-1-4-12-30/h1-29,49,52H/b49-47?,53-41-. The zero-order chi connectivity index (χ0) is 36.0. The van der Waals surface area contributed by atoms with Crippen LogP contribution in [0.25, 0.3) is 83.8 Å². The SMILES string of the molecule is N=C1/C(=N\Nc2ccccc2)C=Cc2ccc3cc(-c4nc(-c5ccc6oc7ccccc7c6c5)cc(-c5ccccc5-c5ccccc5)n4)ccc3c21. The smallest absolute Gasteiger partial charge is 0.160 e. The summed E-state index contributed by atoms with van der Waals surface area (Å²) in [6, 6.07) is 55.5. The maximum Gasteiger partial charge on any atom is 0.160 e. The van der Waals surface area contributed by atoms with Crippen LogP contribution in [0.15, 0.2) is 179 Å². The van der Waals surface area contributed by atoms with Gasteiger partial charge in [-0.3, -0.25) is 10.8 Å². The fourth-order valence-corrected chi connectivity index (χ4v) is 7.34. The Balaban J connectivity index is 1.11. The molecule has 6 heteroatoms. The van der Waals surface area contributed by atoms with E-state index in [0.29, 0.717) is 17.2 Å². The molecule has 54 heavy (non-hydrogen) atoms. The van der Waals surface area contributed by atoms with Gasteiger partial charge in [0.2, 0.25) is 0 Å². The van der Waals surface area contributed by atoms with Crippen molar-refractivity contribution in [3.05, 3.63) is 181 Å². The first-order valence-corrected chi connectivity index (χ1v) is 17.9. The normalized spacial score (nSPS) is 13.2. The molecule has 2 heterocycles. The first-order valence-electron chi connectivity index (χ1n) is 17.9. The van der Waals surface area contributed by atoms with Crippen LogP contribution in [-0.4, -0.2) is 21.4 Å². The Morgan fingerprint density at radius 1 is 0.519 bits per heavy atom. The van der Waals surface area contributed by atoms with Gasteiger partial charge in [-0.05, 0) is 82.1 Å². The zero-order valence-electron chi connectivity index (χ0n) is 29.0. The minimum absolute atomic E-state index is 0.370. The Bertz CT molecular complexity index is 2980. The van der Waals surface area contributed by atoms with Gasteiger partial charge in [0.25, 0.3) is 0 Å². The number of aromatic nitrogens is 2. The zero-order valence-corrected chi connectivity index (χ0v) is 29.0. The average molecular weight is 694 g/mol. The highest BCUT2D eigenvalue weighted by Gasteiger charge is 2.21. The summed E-state index contributed by atoms with van der Waals surface area (Å²) in [7, 11) is 0. The van der Waals surface area contributed by atoms with Crippen molar-refractivity contribution < 1.29 is 4.42 Å². The van der Waals surface area contributed by atoms with E-state index in [1.165, 1.54) is 0 Å². The molecule has 0 bridgehead atoms. The second kappa shape index (κ2) is 13.0. The summed E-state index contributed by atoms with van der Waals surface area (Å²) in [5, 5.41) is 17.8. The molecule has 254 valence electrons. The number of rotatable bonds is 6. The third-order valence-corrected chi connectivity index (χ3v) is 10.0. The van der Waals surface area contributed by atoms with Crippen molar-refractivity contribution in [2.45, 2.75) is 0 Å². The maximum atomic E-state index is 9.17. The second-order valence-corrected chi connectivity index (χ2v) is 13.3. The Morgan fingerprint density at radius 3 is 2.11 bits per heavy atom. The second-order valence-electron chi connectivity index (χ2n) is 13.3. The summed E-state index contributed by atoms with van der Waals surface area (Å²) in [6.07, 6.45) is 3.91. The van der Waals surface area contributed by atoms with Gasteiger partial charge in [-0.2, -0.15) is 5.10 Å². The minimum Gasteiger partial charge on any atom is -0.456 e. The van der Waals surface area contributed by atoms with Crippen LogP contribution in [0.3, 0.4) is 0 Å². The fourth-order valence-electron chi connectivity index (χ4n) is 7.34. The first kappa shape index (κ1) is 31.3. The number of fused-ring (bicyclic) bond motifs is 6. The lowest BCUT2D eigenvalue weighted by atomic mass is 9.89. The number of allylic oxidation sites excluding steroid dienone is 1. The van der Waals surface area contributed by atoms with Gasteiger partial charge in [0.1, 0.15) is 16.9 Å². The van der Waals surface area contributed by atoms with Gasteiger partial charge in [0.05, 0.1) is 22.8 Å². The van der Waals surface area contributed by atoms with E-state index in [2.05, 4.69) is 114 Å². The van der Waals surface area contributed by atoms with Gasteiger partial charge in [-0.1, -0.05) is 121 Å². The lowest BCUT2D eigenvalue weighted by Crippen LogP contribution is -2.18. The number of hydrazone groups is 1. The predicted molar refractivity (Wildman–Crippen MR) is 222 cm³/mol. The summed E-state index contributed by atoms with van der Waals surface area (Å²) < 4.78 is 6.16. The molecular formula is C48H31N5O. The van der Waals surface area contributed by atoms with Gasteiger partial charge in [0, 0.05) is 33.0 Å². The van der Waals surface area contributed by atoms with E-state index < -0.39 is 0 Å². The molecule has 0 atom stereocenters. The molecule has 2 N–H and O–H groups in total. The molecule has 1 aliphatic carbocycles. The molecule has 1 aliphatic rings. The Morgan fingerprint density at radius 2 is 1.24 bits per heavy atom. The van der Waals surface area contributed by atoms with Crippen LogP contribution in [0.4, 0.5) is 5.69 Å². The van der Waals surface area contributed by atoms with Crippen molar-refractivity contribution in [1.29, 1.82) is 5.41 Å². The molecule has 0 amide bonds. The van der Waals surface area contributed by atoms with Crippen LogP contribution < -0.4 is 5.43 Å². The van der Waals surface area contributed by atoms with E-state index >= 15 is 0 Å². The Labute approximate surface area is 311 Å². The van der Waals surface area contributed by atoms with Gasteiger partial charge in [0.15, 0.2) is 5.82 Å². The third kappa shape index (κ3) is 5.54. The van der Waals surface area contributed by atoms with Crippen molar-refractivity contribution >= 4 is 55.9 Å². The highest BCUT2D eigenvalue weighted by Crippen LogP contribution is 2.37. The van der Waals surface area contributed by atoms with Gasteiger partial charge in [-0.25, -0.2) is 9.97 Å². The van der Waals surface area contributed by atoms with Crippen LogP contribution in [-0.2, 0) is 0 Å². The van der Waals surface area contributed by atoms with E-state index in [4.69, 9.17) is 14.4 Å². The summed E-state index contributed by atoms with van der Waals surface area (Å²) in [5.41, 5.74) is 15.2. The number of nitrogens with one attached hydrogen (secondary N) is 2. The molecule has 0 saturated heterocycles. The van der Waals surface area contributed by atoms with E-state index in [0.717, 1.165) is 88.7 Å². The fraction of sp³-hybridized carbons (Fsp3) is 0. The van der Waals surface area contributed by atoms with Crippen molar-refractivity contribution in [1.82, 2.24) is 9.97 Å². The van der Waals surface area contributed by atoms with Crippen LogP contribution >= 0.6 is 0 Å². The Kier molecular flexibility index (Phi) is 7.51. The number of nitrogens with zero attached hydrogens (tertiary/aromatic N) is 3. The number of anilines is 1. The first-order chi connectivity index (χ1) is 26.7. The third-order valence-electron chi connectivity index (χ3n) is 10.0. The molecule has 6 nitrogen and oxygen atoms in total. The van der Waals surface area contributed by atoms with E-state index in [9.17, 15) is 5.41 Å². The van der Waals surface area contributed by atoms with Crippen molar-refractivity contribution in [3.8, 4) is 45.0 Å². The van der Waals surface area contributed by atoms with E-state index in [1.54, 1.807) is 0 Å². The number of benzene rings is 7. The van der Waals surface area contributed by atoms with Gasteiger partial charge >= 0.3 is 0 Å². The Hall–Kier alpha value is -7.44. The maximum absolute atomic E-state index is 9.17. The molecule has 0 radical (unpaired) electrons. The summed E-state index contributed by atoms with van der Waals surface area (Å²) >= 11 is 0. The molecule has 2 aromatic heterocycles. The van der Waals surface area contributed by atoms with Crippen LogP contribution in [0, 0.1) is 5.41 Å². The van der Waals surface area contributed by atoms with Gasteiger partial charge in [-0.15, -0.1) is 0 Å². The topological polar surface area (TPSA) is 87.2 Å². The van der Waals surface area contributed by atoms with Crippen molar-refractivity contribution in [2.75, 3.05) is 5.43 Å². The van der Waals surface area contributed by atoms with Crippen LogP contribution in [0.5, 0.6) is 0 Å². The summed E-state index contributed by atoms with van der Waals surface area (Å²) in [5.74, 6) is 0.617. The van der Waals surface area contributed by atoms with E-state index in [-0.39, 0.29) is 0 Å². The van der Waals surface area contributed by atoms with Crippen LogP contribution in [0.2, 0.25) is 0 Å². The predicted octanol–water partition coefficient (Wildman–Crippen LogP) is 12.1. The highest BCUT2D eigenvalue weighted by molar-refractivity contribution is 6.55. The molecule has 0 fully saturated rings. The molecule has 0 unspecified atom stereocenters. The summed E-state index contributed by atoms with van der Waals surface area (Å²) in [4.78, 5) is 10.5. The number of hydrogen-bond donors (Lipinski definition) is 2. The van der Waals surface area contributed by atoms with Crippen LogP contribution in [0.1, 0.15) is 11.1 Å². The molecule has 0 aliphatic heterocycles. The largest absolute Gasteiger partial charge is 0.456 e. The highest BCUT2D eigenvalue weighted by atomic mass is 16.3. The van der Waals surface area contributed by atoms with E-state index in [1.807, 2.05) is 72.8 Å². The summed E-state index contributed by atoms with van der Waals surface area (Å²) in [6.45, 7) is 0. The molecule has 9 aromatic rings. The van der Waals surface area contributed by atoms with Crippen molar-refractivity contribution in [2.24, 2.45) is 5.10 Å². The quantitative estimate of drug-likeness (QED) is 0.170. The molecule has 7 aromatic carbocycles. The lowest BCUT2D eigenvalue weighted by Gasteiger charge is -2.17. The number of furan rings is 1. The van der Waals surface area contributed by atoms with Crippen molar-refractivity contribution in [3.63, 3.8) is 0 Å². The molecule has 0 saturated carbocycles. The molecule has 0 spiro atoms.